The van der Waals surface area contributed by atoms with E-state index < -0.39 is 10.0 Å². The minimum absolute atomic E-state index is 0.0737. The van der Waals surface area contributed by atoms with Crippen molar-refractivity contribution in [2.75, 3.05) is 6.54 Å². The Bertz CT molecular complexity index is 521. The molecule has 1 unspecified atom stereocenters. The van der Waals surface area contributed by atoms with Crippen molar-refractivity contribution in [2.24, 2.45) is 5.92 Å². The van der Waals surface area contributed by atoms with E-state index in [1.165, 1.54) is 24.2 Å². The van der Waals surface area contributed by atoms with Crippen molar-refractivity contribution in [3.05, 3.63) is 16.3 Å². The molecule has 1 heterocycles. The van der Waals surface area contributed by atoms with Crippen LogP contribution in [-0.2, 0) is 16.6 Å². The standard InChI is InChI=1S/C14H24N2O2S2/c1-3-12(7-11-5-6-11)16-20(17,18)14-8-13(19-10-14)9-15-4-2/h8,10-12,15-16H,3-7,9H2,1-2H3. The summed E-state index contributed by atoms with van der Waals surface area (Å²) in [6.45, 7) is 5.70. The Morgan fingerprint density at radius 3 is 2.75 bits per heavy atom. The van der Waals surface area contributed by atoms with Gasteiger partial charge in [0.2, 0.25) is 10.0 Å². The zero-order valence-electron chi connectivity index (χ0n) is 12.2. The number of thiophene rings is 1. The van der Waals surface area contributed by atoms with E-state index in [1.54, 1.807) is 11.4 Å². The molecule has 2 rings (SSSR count). The van der Waals surface area contributed by atoms with Crippen LogP contribution < -0.4 is 10.0 Å². The number of rotatable bonds is 9. The highest BCUT2D eigenvalue weighted by molar-refractivity contribution is 7.89. The number of hydrogen-bond donors (Lipinski definition) is 2. The first-order valence-corrected chi connectivity index (χ1v) is 9.72. The summed E-state index contributed by atoms with van der Waals surface area (Å²) < 4.78 is 27.6. The lowest BCUT2D eigenvalue weighted by molar-refractivity contribution is 0.495. The summed E-state index contributed by atoms with van der Waals surface area (Å²) in [7, 11) is -3.36. The molecule has 0 amide bonds. The summed E-state index contributed by atoms with van der Waals surface area (Å²) in [4.78, 5) is 1.46. The monoisotopic (exact) mass is 316 g/mol. The first kappa shape index (κ1) is 15.9. The van der Waals surface area contributed by atoms with Gasteiger partial charge in [0.05, 0.1) is 4.90 Å². The van der Waals surface area contributed by atoms with E-state index in [0.29, 0.717) is 4.90 Å². The molecule has 1 fully saturated rings. The quantitative estimate of drug-likeness (QED) is 0.736. The summed E-state index contributed by atoms with van der Waals surface area (Å²) in [6.07, 6.45) is 4.33. The predicted molar refractivity (Wildman–Crippen MR) is 83.4 cm³/mol. The first-order chi connectivity index (χ1) is 9.55. The highest BCUT2D eigenvalue weighted by atomic mass is 32.2. The van der Waals surface area contributed by atoms with Crippen LogP contribution in [-0.4, -0.2) is 21.0 Å². The average Bonchev–Trinajstić information content (AvgIpc) is 3.09. The minimum Gasteiger partial charge on any atom is -0.312 e. The van der Waals surface area contributed by atoms with Gasteiger partial charge in [-0.25, -0.2) is 13.1 Å². The second-order valence-corrected chi connectivity index (χ2v) is 8.14. The van der Waals surface area contributed by atoms with Gasteiger partial charge >= 0.3 is 0 Å². The van der Waals surface area contributed by atoms with E-state index in [4.69, 9.17) is 0 Å². The van der Waals surface area contributed by atoms with Crippen LogP contribution in [0, 0.1) is 5.92 Å². The zero-order valence-corrected chi connectivity index (χ0v) is 13.8. The Morgan fingerprint density at radius 1 is 1.40 bits per heavy atom. The molecule has 0 bridgehead atoms. The lowest BCUT2D eigenvalue weighted by atomic mass is 10.1. The Kier molecular flexibility index (Phi) is 5.60. The van der Waals surface area contributed by atoms with E-state index in [0.717, 1.165) is 36.7 Å². The largest absolute Gasteiger partial charge is 0.312 e. The normalized spacial score (nSPS) is 17.3. The summed E-state index contributed by atoms with van der Waals surface area (Å²) in [5.41, 5.74) is 0. The number of nitrogens with one attached hydrogen (secondary N) is 2. The van der Waals surface area contributed by atoms with Crippen LogP contribution in [0.2, 0.25) is 0 Å². The van der Waals surface area contributed by atoms with Gasteiger partial charge in [-0.15, -0.1) is 11.3 Å². The van der Waals surface area contributed by atoms with Gasteiger partial charge in [-0.3, -0.25) is 0 Å². The molecular formula is C14H24N2O2S2. The van der Waals surface area contributed by atoms with E-state index in [-0.39, 0.29) is 6.04 Å². The van der Waals surface area contributed by atoms with Gasteiger partial charge in [0.15, 0.2) is 0 Å². The Labute approximate surface area is 126 Å². The van der Waals surface area contributed by atoms with Gasteiger partial charge < -0.3 is 5.32 Å². The SMILES string of the molecule is CCNCc1cc(S(=O)(=O)NC(CC)CC2CC2)cs1. The minimum atomic E-state index is -3.36. The molecule has 0 saturated heterocycles. The van der Waals surface area contributed by atoms with E-state index in [1.807, 2.05) is 13.8 Å². The predicted octanol–water partition coefficient (Wildman–Crippen LogP) is 2.71. The van der Waals surface area contributed by atoms with Crippen LogP contribution in [0.4, 0.5) is 0 Å². The summed E-state index contributed by atoms with van der Waals surface area (Å²) in [6, 6.07) is 1.85. The zero-order chi connectivity index (χ0) is 14.6. The Hall–Kier alpha value is -0.430. The maximum Gasteiger partial charge on any atom is 0.241 e. The molecule has 114 valence electrons. The molecule has 1 aliphatic carbocycles. The van der Waals surface area contributed by atoms with Crippen molar-refractivity contribution >= 4 is 21.4 Å². The second kappa shape index (κ2) is 7.02. The molecule has 0 aromatic carbocycles. The van der Waals surface area contributed by atoms with Gasteiger partial charge in [0, 0.05) is 22.8 Å². The summed E-state index contributed by atoms with van der Waals surface area (Å²) >= 11 is 1.50. The molecule has 0 aliphatic heterocycles. The second-order valence-electron chi connectivity index (χ2n) is 5.43. The molecule has 4 nitrogen and oxygen atoms in total. The fraction of sp³-hybridized carbons (Fsp3) is 0.714. The average molecular weight is 316 g/mol. The van der Waals surface area contributed by atoms with Gasteiger partial charge in [0.25, 0.3) is 0 Å². The van der Waals surface area contributed by atoms with Crippen molar-refractivity contribution in [1.82, 2.24) is 10.0 Å². The molecule has 6 heteroatoms. The Balaban J connectivity index is 1.98. The van der Waals surface area contributed by atoms with Crippen molar-refractivity contribution in [1.29, 1.82) is 0 Å². The van der Waals surface area contributed by atoms with Gasteiger partial charge in [-0.05, 0) is 31.4 Å². The highest BCUT2D eigenvalue weighted by Gasteiger charge is 2.27. The third-order valence-electron chi connectivity index (χ3n) is 3.62. The molecule has 1 saturated carbocycles. The van der Waals surface area contributed by atoms with Gasteiger partial charge in [0.1, 0.15) is 0 Å². The lowest BCUT2D eigenvalue weighted by Crippen LogP contribution is -2.34. The maximum atomic E-state index is 12.4. The van der Waals surface area contributed by atoms with Gasteiger partial charge in [-0.1, -0.05) is 26.7 Å². The van der Waals surface area contributed by atoms with E-state index in [2.05, 4.69) is 10.0 Å². The fourth-order valence-electron chi connectivity index (χ4n) is 2.18. The van der Waals surface area contributed by atoms with Crippen LogP contribution in [0.15, 0.2) is 16.3 Å². The van der Waals surface area contributed by atoms with Crippen molar-refractivity contribution < 1.29 is 8.42 Å². The molecule has 20 heavy (non-hydrogen) atoms. The smallest absolute Gasteiger partial charge is 0.241 e. The van der Waals surface area contributed by atoms with Crippen LogP contribution in [0.5, 0.6) is 0 Å². The van der Waals surface area contributed by atoms with Crippen LogP contribution >= 0.6 is 11.3 Å². The maximum absolute atomic E-state index is 12.4. The number of hydrogen-bond acceptors (Lipinski definition) is 4. The van der Waals surface area contributed by atoms with Crippen molar-refractivity contribution in [2.45, 2.75) is 57.0 Å². The first-order valence-electron chi connectivity index (χ1n) is 7.35. The molecular weight excluding hydrogens is 292 g/mol. The molecule has 1 atom stereocenters. The van der Waals surface area contributed by atoms with E-state index in [9.17, 15) is 8.42 Å². The van der Waals surface area contributed by atoms with Crippen LogP contribution in [0.1, 0.15) is 44.4 Å². The topological polar surface area (TPSA) is 58.2 Å². The third kappa shape index (κ3) is 4.55. The molecule has 0 spiro atoms. The molecule has 1 aromatic rings. The molecule has 2 N–H and O–H groups in total. The van der Waals surface area contributed by atoms with Gasteiger partial charge in [-0.2, -0.15) is 0 Å². The summed E-state index contributed by atoms with van der Waals surface area (Å²) in [5.74, 6) is 0.731. The molecule has 1 aliphatic rings. The van der Waals surface area contributed by atoms with Crippen molar-refractivity contribution in [3.63, 3.8) is 0 Å². The van der Waals surface area contributed by atoms with Crippen LogP contribution in [0.25, 0.3) is 0 Å². The third-order valence-corrected chi connectivity index (χ3v) is 6.20. The molecule has 0 radical (unpaired) electrons. The lowest BCUT2D eigenvalue weighted by Gasteiger charge is -2.16. The Morgan fingerprint density at radius 2 is 2.15 bits per heavy atom. The summed E-state index contributed by atoms with van der Waals surface area (Å²) in [5, 5.41) is 4.95. The van der Waals surface area contributed by atoms with Crippen molar-refractivity contribution in [3.8, 4) is 0 Å². The number of sulfonamides is 1. The molecule has 1 aromatic heterocycles. The fourth-order valence-corrected chi connectivity index (χ4v) is 4.76. The highest BCUT2D eigenvalue weighted by Crippen LogP contribution is 2.34. The van der Waals surface area contributed by atoms with E-state index >= 15 is 0 Å². The van der Waals surface area contributed by atoms with Crippen LogP contribution in [0.3, 0.4) is 0 Å².